The monoisotopic (exact) mass is 624 g/mol. The Balaban J connectivity index is 1.23. The first-order valence-corrected chi connectivity index (χ1v) is 16.6. The van der Waals surface area contributed by atoms with Crippen LogP contribution >= 0.6 is 0 Å². The van der Waals surface area contributed by atoms with Crippen molar-refractivity contribution in [1.29, 1.82) is 0 Å². The summed E-state index contributed by atoms with van der Waals surface area (Å²) < 4.78 is 15.4. The van der Waals surface area contributed by atoms with E-state index in [0.29, 0.717) is 5.84 Å². The van der Waals surface area contributed by atoms with E-state index in [2.05, 4.69) is 137 Å². The Morgan fingerprint density at radius 1 is 0.562 bits per heavy atom. The number of para-hydroxylation sites is 5. The molecule has 1 aliphatic heterocycles. The van der Waals surface area contributed by atoms with Gasteiger partial charge in [-0.25, -0.2) is 0 Å². The van der Waals surface area contributed by atoms with Crippen LogP contribution in [-0.2, 0) is 5.41 Å². The van der Waals surface area contributed by atoms with Crippen LogP contribution in [0.15, 0.2) is 114 Å². The lowest BCUT2D eigenvalue weighted by molar-refractivity contribution is 0.419. The van der Waals surface area contributed by atoms with Crippen molar-refractivity contribution < 1.29 is 9.15 Å². The number of rotatable bonds is 3. The summed E-state index contributed by atoms with van der Waals surface area (Å²) >= 11 is 0. The molecule has 0 fully saturated rings. The lowest BCUT2D eigenvalue weighted by Gasteiger charge is -2.35. The fraction of sp³-hybridized carbons (Fsp3) is 0.159. The normalized spacial score (nSPS) is 13.5. The van der Waals surface area contributed by atoms with Gasteiger partial charge in [0.2, 0.25) is 0 Å². The van der Waals surface area contributed by atoms with Crippen molar-refractivity contribution in [2.24, 2.45) is 0 Å². The number of benzene rings is 6. The third-order valence-corrected chi connectivity index (χ3v) is 10.6. The van der Waals surface area contributed by atoms with Crippen LogP contribution in [0, 0.1) is 27.7 Å². The summed E-state index contributed by atoms with van der Waals surface area (Å²) in [4.78, 5) is 4.79. The first-order valence-electron chi connectivity index (χ1n) is 16.6. The minimum atomic E-state index is -0.178. The smallest absolute Gasteiger partial charge is 0.307 e. The molecule has 0 radical (unpaired) electrons. The van der Waals surface area contributed by atoms with Crippen LogP contribution in [0.25, 0.3) is 61.4 Å². The van der Waals surface area contributed by atoms with Crippen molar-refractivity contribution in [3.63, 3.8) is 0 Å². The third kappa shape index (κ3) is 3.92. The highest BCUT2D eigenvalue weighted by atomic mass is 16.5. The number of aromatic nitrogens is 2. The largest absolute Gasteiger partial charge is 0.456 e. The van der Waals surface area contributed by atoms with Crippen LogP contribution in [-0.4, -0.2) is 9.38 Å². The Morgan fingerprint density at radius 2 is 1.17 bits per heavy atom. The standard InChI is InChI=1S/C44H36N2O2/c1-25-21-23-29(27(3)39(25)31-13-11-16-34-41(31)47-38-20-10-7-15-33(38)44(34,5)6)30-24-22-26(2)40(28(30)4)32-14-12-19-37-42(32)48-43-45-35-17-8-9-18-36(35)46(37)43/h7-24H,1-6H3. The number of hydrogen-bond acceptors (Lipinski definition) is 3. The van der Waals surface area contributed by atoms with Gasteiger partial charge in [-0.3, -0.25) is 4.40 Å². The van der Waals surface area contributed by atoms with Crippen LogP contribution in [0.1, 0.15) is 47.2 Å². The van der Waals surface area contributed by atoms with Crippen molar-refractivity contribution in [1.82, 2.24) is 9.38 Å². The first kappa shape index (κ1) is 28.6. The molecule has 4 heteroatoms. The summed E-state index contributed by atoms with van der Waals surface area (Å²) in [5.41, 5.74) is 18.1. The molecule has 2 aromatic heterocycles. The maximum Gasteiger partial charge on any atom is 0.307 e. The molecule has 234 valence electrons. The van der Waals surface area contributed by atoms with Gasteiger partial charge in [-0.15, -0.1) is 0 Å². The Hall–Kier alpha value is -5.61. The fourth-order valence-electron chi connectivity index (χ4n) is 8.17. The summed E-state index contributed by atoms with van der Waals surface area (Å²) in [6.07, 6.45) is 0. The molecule has 0 saturated carbocycles. The quantitative estimate of drug-likeness (QED) is 0.196. The van der Waals surface area contributed by atoms with Gasteiger partial charge in [0.25, 0.3) is 0 Å². The number of fused-ring (bicyclic) bond motifs is 7. The minimum Gasteiger partial charge on any atom is -0.456 e. The second-order valence-electron chi connectivity index (χ2n) is 13.7. The first-order chi connectivity index (χ1) is 23.2. The summed E-state index contributed by atoms with van der Waals surface area (Å²) in [7, 11) is 0. The molecule has 0 N–H and O–H groups in total. The number of ether oxygens (including phenoxy) is 1. The zero-order chi connectivity index (χ0) is 32.9. The molecule has 0 saturated heterocycles. The third-order valence-electron chi connectivity index (χ3n) is 10.6. The summed E-state index contributed by atoms with van der Waals surface area (Å²) in [5, 5.41) is 0. The zero-order valence-electron chi connectivity index (χ0n) is 28.1. The van der Waals surface area contributed by atoms with E-state index in [1.165, 1.54) is 55.6 Å². The van der Waals surface area contributed by atoms with E-state index in [4.69, 9.17) is 14.1 Å². The molecule has 6 aromatic carbocycles. The van der Waals surface area contributed by atoms with E-state index in [1.54, 1.807) is 0 Å². The highest BCUT2D eigenvalue weighted by Crippen LogP contribution is 2.52. The zero-order valence-corrected chi connectivity index (χ0v) is 28.1. The maximum atomic E-state index is 6.74. The van der Waals surface area contributed by atoms with Crippen molar-refractivity contribution in [2.45, 2.75) is 47.0 Å². The Kier molecular flexibility index (Phi) is 6.07. The van der Waals surface area contributed by atoms with Gasteiger partial charge in [0.05, 0.1) is 16.6 Å². The van der Waals surface area contributed by atoms with E-state index >= 15 is 0 Å². The number of oxazole rings is 1. The average molecular weight is 625 g/mol. The lowest BCUT2D eigenvalue weighted by Crippen LogP contribution is -2.24. The number of nitrogens with zero attached hydrogens (tertiary/aromatic N) is 2. The number of imidazole rings is 1. The molecule has 9 rings (SSSR count). The number of hydrogen-bond donors (Lipinski definition) is 0. The van der Waals surface area contributed by atoms with E-state index in [1.807, 2.05) is 18.2 Å². The van der Waals surface area contributed by atoms with E-state index in [9.17, 15) is 0 Å². The van der Waals surface area contributed by atoms with Gasteiger partial charge in [0.1, 0.15) is 11.5 Å². The summed E-state index contributed by atoms with van der Waals surface area (Å²) in [6, 6.07) is 38.7. The highest BCUT2D eigenvalue weighted by Gasteiger charge is 2.35. The molecular formula is C44H36N2O2. The Morgan fingerprint density at radius 3 is 1.94 bits per heavy atom. The second-order valence-corrected chi connectivity index (χ2v) is 13.7. The molecule has 3 heterocycles. The summed E-state index contributed by atoms with van der Waals surface area (Å²) in [5.74, 6) is 2.50. The molecule has 0 atom stereocenters. The van der Waals surface area contributed by atoms with Crippen molar-refractivity contribution in [2.75, 3.05) is 0 Å². The molecule has 0 bridgehead atoms. The van der Waals surface area contributed by atoms with Crippen LogP contribution in [0.3, 0.4) is 0 Å². The molecule has 0 spiro atoms. The Labute approximate surface area is 280 Å². The number of aryl methyl sites for hydroxylation is 2. The van der Waals surface area contributed by atoms with Crippen LogP contribution in [0.4, 0.5) is 0 Å². The SMILES string of the molecule is Cc1ccc(-c2ccc(C)c(-c3cccc4c3oc3nc5ccccc5n34)c2C)c(C)c1-c1cccc2c1Oc1ccccc1C2(C)C. The van der Waals surface area contributed by atoms with Crippen LogP contribution in [0.5, 0.6) is 11.5 Å². The van der Waals surface area contributed by atoms with Gasteiger partial charge in [0.15, 0.2) is 5.58 Å². The van der Waals surface area contributed by atoms with Crippen molar-refractivity contribution in [3.8, 4) is 44.9 Å². The Bertz CT molecular complexity index is 2620. The molecule has 1 aliphatic rings. The maximum absolute atomic E-state index is 6.74. The molecule has 0 aliphatic carbocycles. The fourth-order valence-corrected chi connectivity index (χ4v) is 8.17. The average Bonchev–Trinajstić information content (AvgIpc) is 3.63. The molecule has 4 nitrogen and oxygen atoms in total. The predicted molar refractivity (Wildman–Crippen MR) is 196 cm³/mol. The second kappa shape index (κ2) is 10.2. The van der Waals surface area contributed by atoms with Gasteiger partial charge in [0, 0.05) is 27.7 Å². The van der Waals surface area contributed by atoms with Crippen LogP contribution in [0.2, 0.25) is 0 Å². The summed E-state index contributed by atoms with van der Waals surface area (Å²) in [6.45, 7) is 13.5. The van der Waals surface area contributed by atoms with Crippen LogP contribution < -0.4 is 4.74 Å². The molecular weight excluding hydrogens is 588 g/mol. The molecule has 0 unspecified atom stereocenters. The predicted octanol–water partition coefficient (Wildman–Crippen LogP) is 11.9. The van der Waals surface area contributed by atoms with Gasteiger partial charge in [-0.05, 0) is 96.5 Å². The lowest BCUT2D eigenvalue weighted by atomic mass is 9.74. The van der Waals surface area contributed by atoms with E-state index in [-0.39, 0.29) is 5.41 Å². The molecule has 0 amide bonds. The van der Waals surface area contributed by atoms with Gasteiger partial charge in [-0.2, -0.15) is 4.98 Å². The van der Waals surface area contributed by atoms with Gasteiger partial charge in [-0.1, -0.05) is 98.8 Å². The van der Waals surface area contributed by atoms with E-state index < -0.39 is 0 Å². The topological polar surface area (TPSA) is 39.7 Å². The van der Waals surface area contributed by atoms with Gasteiger partial charge >= 0.3 is 5.84 Å². The highest BCUT2D eigenvalue weighted by molar-refractivity contribution is 5.98. The van der Waals surface area contributed by atoms with Crippen molar-refractivity contribution >= 4 is 28.0 Å². The minimum absolute atomic E-state index is 0.178. The molecule has 48 heavy (non-hydrogen) atoms. The van der Waals surface area contributed by atoms with E-state index in [0.717, 1.165) is 44.8 Å². The van der Waals surface area contributed by atoms with Crippen molar-refractivity contribution in [3.05, 3.63) is 143 Å². The van der Waals surface area contributed by atoms with Gasteiger partial charge < -0.3 is 9.15 Å². The molecule has 8 aromatic rings.